The van der Waals surface area contributed by atoms with Crippen LogP contribution in [0, 0.1) is 5.82 Å². The van der Waals surface area contributed by atoms with Gasteiger partial charge in [0, 0.05) is 12.4 Å². The van der Waals surface area contributed by atoms with Crippen molar-refractivity contribution in [2.75, 3.05) is 0 Å². The highest BCUT2D eigenvalue weighted by Crippen LogP contribution is 2.17. The van der Waals surface area contributed by atoms with E-state index in [-0.39, 0.29) is 12.1 Å². The molecule has 0 atom stereocenters. The van der Waals surface area contributed by atoms with Crippen LogP contribution in [0.5, 0.6) is 5.88 Å². The van der Waals surface area contributed by atoms with E-state index in [9.17, 15) is 18.0 Å². The van der Waals surface area contributed by atoms with E-state index in [0.717, 1.165) is 12.3 Å². The number of amides is 1. The Kier molecular flexibility index (Phi) is 4.27. The van der Waals surface area contributed by atoms with Crippen LogP contribution in [0.25, 0.3) is 5.52 Å². The summed E-state index contributed by atoms with van der Waals surface area (Å²) in [5.41, 5.74) is 1.10. The van der Waals surface area contributed by atoms with Crippen LogP contribution in [0.1, 0.15) is 16.1 Å². The molecule has 0 radical (unpaired) electrons. The predicted molar refractivity (Wildman–Crippen MR) is 75.0 cm³/mol. The quantitative estimate of drug-likeness (QED) is 0.768. The second kappa shape index (κ2) is 6.52. The number of ether oxygens (including phenoxy) is 1. The number of fused-ring (bicyclic) bond motifs is 1. The second-order valence-corrected chi connectivity index (χ2v) is 4.64. The molecule has 3 rings (SSSR count). The summed E-state index contributed by atoms with van der Waals surface area (Å²) in [5, 5.41) is 10.3. The predicted octanol–water partition coefficient (Wildman–Crippen LogP) is 1.79. The Morgan fingerprint density at radius 1 is 1.38 bits per heavy atom. The Balaban J connectivity index is 1.70. The van der Waals surface area contributed by atoms with Crippen LogP contribution in [-0.2, 0) is 6.54 Å². The van der Waals surface area contributed by atoms with Gasteiger partial charge in [-0.1, -0.05) is 11.3 Å². The molecule has 0 aliphatic heterocycles. The largest absolute Gasteiger partial charge is 0.414 e. The molecule has 1 amide bonds. The topological polar surface area (TPSA) is 81.4 Å². The molecular weight excluding hydrogens is 327 g/mol. The highest BCUT2D eigenvalue weighted by atomic mass is 19.3. The maximum Gasteiger partial charge on any atom is 0.388 e. The Labute approximate surface area is 133 Å². The van der Waals surface area contributed by atoms with Gasteiger partial charge in [0.2, 0.25) is 0 Å². The highest BCUT2D eigenvalue weighted by molar-refractivity contribution is 5.93. The number of nitrogens with one attached hydrogen (secondary N) is 1. The van der Waals surface area contributed by atoms with Crippen molar-refractivity contribution in [3.8, 4) is 5.88 Å². The molecule has 1 N–H and O–H groups in total. The maximum atomic E-state index is 13.6. The van der Waals surface area contributed by atoms with Gasteiger partial charge in [0.1, 0.15) is 5.69 Å². The molecule has 3 aromatic heterocycles. The minimum Gasteiger partial charge on any atom is -0.414 e. The lowest BCUT2D eigenvalue weighted by Crippen LogP contribution is -2.23. The number of hydrogen-bond donors (Lipinski definition) is 1. The third-order valence-electron chi connectivity index (χ3n) is 3.08. The van der Waals surface area contributed by atoms with E-state index in [1.165, 1.54) is 0 Å². The summed E-state index contributed by atoms with van der Waals surface area (Å²) in [4.78, 5) is 15.4. The Hall–Kier alpha value is -3.17. The second-order valence-electron chi connectivity index (χ2n) is 4.64. The Morgan fingerprint density at radius 3 is 2.96 bits per heavy atom. The van der Waals surface area contributed by atoms with E-state index in [4.69, 9.17) is 0 Å². The Bertz CT molecular complexity index is 884. The van der Waals surface area contributed by atoms with Crippen LogP contribution in [0.15, 0.2) is 36.7 Å². The molecule has 0 saturated carbocycles. The lowest BCUT2D eigenvalue weighted by atomic mass is 10.2. The lowest BCUT2D eigenvalue weighted by molar-refractivity contribution is -0.0553. The molecule has 0 bridgehead atoms. The van der Waals surface area contributed by atoms with Gasteiger partial charge < -0.3 is 10.1 Å². The standard InChI is InChI=1S/C14H10F3N5O2/c15-9-5-8(6-19-13(9)24-14(16)17)12(23)18-7-10-11-3-1-2-4-22(11)21-20-10/h1-6,14H,7H2,(H,18,23). The van der Waals surface area contributed by atoms with Crippen molar-refractivity contribution in [1.29, 1.82) is 0 Å². The first-order chi connectivity index (χ1) is 11.5. The molecule has 0 unspecified atom stereocenters. The molecular formula is C14H10F3N5O2. The van der Waals surface area contributed by atoms with Crippen molar-refractivity contribution in [3.05, 3.63) is 53.7 Å². The van der Waals surface area contributed by atoms with E-state index < -0.39 is 24.2 Å². The minimum atomic E-state index is -3.20. The molecule has 24 heavy (non-hydrogen) atoms. The number of halogens is 3. The van der Waals surface area contributed by atoms with Gasteiger partial charge in [-0.2, -0.15) is 8.78 Å². The van der Waals surface area contributed by atoms with Crippen LogP contribution in [-0.4, -0.2) is 32.3 Å². The van der Waals surface area contributed by atoms with E-state index >= 15 is 0 Å². The summed E-state index contributed by atoms with van der Waals surface area (Å²) in [6.07, 6.45) is 2.65. The average Bonchev–Trinajstić information content (AvgIpc) is 2.97. The number of rotatable bonds is 5. The van der Waals surface area contributed by atoms with E-state index in [1.54, 1.807) is 28.9 Å². The SMILES string of the molecule is O=C(NCc1nnn2ccccc12)c1cnc(OC(F)F)c(F)c1. The first-order valence-electron chi connectivity index (χ1n) is 6.72. The van der Waals surface area contributed by atoms with Crippen LogP contribution in [0.4, 0.5) is 13.2 Å². The zero-order valence-electron chi connectivity index (χ0n) is 12.0. The number of pyridine rings is 2. The number of carbonyl (C=O) groups is 1. The molecule has 0 spiro atoms. The third kappa shape index (κ3) is 3.26. The monoisotopic (exact) mass is 337 g/mol. The van der Waals surface area contributed by atoms with Gasteiger partial charge in [0.25, 0.3) is 11.8 Å². The number of alkyl halides is 2. The fourth-order valence-electron chi connectivity index (χ4n) is 2.01. The van der Waals surface area contributed by atoms with E-state index in [2.05, 4.69) is 25.3 Å². The first-order valence-corrected chi connectivity index (χ1v) is 6.72. The molecule has 3 aromatic rings. The van der Waals surface area contributed by atoms with Crippen LogP contribution in [0.2, 0.25) is 0 Å². The van der Waals surface area contributed by atoms with Crippen molar-refractivity contribution in [2.45, 2.75) is 13.2 Å². The fourth-order valence-corrected chi connectivity index (χ4v) is 2.01. The summed E-state index contributed by atoms with van der Waals surface area (Å²) in [5.74, 6) is -2.66. The van der Waals surface area contributed by atoms with Gasteiger partial charge in [-0.25, -0.2) is 13.9 Å². The minimum absolute atomic E-state index is 0.0588. The average molecular weight is 337 g/mol. The summed E-state index contributed by atoms with van der Waals surface area (Å²) in [6.45, 7) is -3.14. The van der Waals surface area contributed by atoms with Gasteiger partial charge in [0.15, 0.2) is 5.82 Å². The van der Waals surface area contributed by atoms with Crippen molar-refractivity contribution < 1.29 is 22.7 Å². The summed E-state index contributed by atoms with van der Waals surface area (Å²) >= 11 is 0. The first kappa shape index (κ1) is 15.7. The van der Waals surface area contributed by atoms with E-state index in [1.807, 2.05) is 0 Å². The zero-order valence-corrected chi connectivity index (χ0v) is 12.0. The highest BCUT2D eigenvalue weighted by Gasteiger charge is 2.15. The molecule has 0 aromatic carbocycles. The van der Waals surface area contributed by atoms with Crippen molar-refractivity contribution >= 4 is 11.4 Å². The lowest BCUT2D eigenvalue weighted by Gasteiger charge is -2.07. The maximum absolute atomic E-state index is 13.6. The Morgan fingerprint density at radius 2 is 2.21 bits per heavy atom. The number of nitrogens with zero attached hydrogens (tertiary/aromatic N) is 4. The molecule has 3 heterocycles. The molecule has 10 heteroatoms. The van der Waals surface area contributed by atoms with Gasteiger partial charge in [-0.05, 0) is 18.2 Å². The van der Waals surface area contributed by atoms with Crippen LogP contribution < -0.4 is 10.1 Å². The van der Waals surface area contributed by atoms with Crippen molar-refractivity contribution in [1.82, 2.24) is 25.1 Å². The van der Waals surface area contributed by atoms with Gasteiger partial charge in [-0.15, -0.1) is 5.10 Å². The van der Waals surface area contributed by atoms with Gasteiger partial charge >= 0.3 is 6.61 Å². The van der Waals surface area contributed by atoms with Crippen molar-refractivity contribution in [2.24, 2.45) is 0 Å². The molecule has 124 valence electrons. The number of carbonyl (C=O) groups excluding carboxylic acids is 1. The van der Waals surface area contributed by atoms with E-state index in [0.29, 0.717) is 11.2 Å². The summed E-state index contributed by atoms with van der Waals surface area (Å²) in [6, 6.07) is 6.12. The zero-order chi connectivity index (χ0) is 17.1. The van der Waals surface area contributed by atoms with Crippen LogP contribution >= 0.6 is 0 Å². The fraction of sp³-hybridized carbons (Fsp3) is 0.143. The van der Waals surface area contributed by atoms with Crippen molar-refractivity contribution in [3.63, 3.8) is 0 Å². The third-order valence-corrected chi connectivity index (χ3v) is 3.08. The van der Waals surface area contributed by atoms with Crippen LogP contribution in [0.3, 0.4) is 0 Å². The molecule has 0 aliphatic carbocycles. The summed E-state index contributed by atoms with van der Waals surface area (Å²) in [7, 11) is 0. The van der Waals surface area contributed by atoms with Gasteiger partial charge in [-0.3, -0.25) is 4.79 Å². The number of hydrogen-bond acceptors (Lipinski definition) is 5. The molecule has 0 saturated heterocycles. The normalized spacial score (nSPS) is 11.0. The smallest absolute Gasteiger partial charge is 0.388 e. The number of aromatic nitrogens is 4. The summed E-state index contributed by atoms with van der Waals surface area (Å²) < 4.78 is 43.1. The molecule has 7 nitrogen and oxygen atoms in total. The molecule has 0 fully saturated rings. The van der Waals surface area contributed by atoms with Gasteiger partial charge in [0.05, 0.1) is 17.6 Å². The molecule has 0 aliphatic rings.